The number of esters is 1. The number of hydrogen-bond acceptors (Lipinski definition) is 2. The summed E-state index contributed by atoms with van der Waals surface area (Å²) in [5.74, 6) is -0.419. The standard InChI is InChI=1S/C16H11Cl2NO2/c17-12-6-5-11(13(18)8-12)9-21-16(20)15-7-10-3-1-2-4-14(10)19-15/h1-8,19H,9H2. The van der Waals surface area contributed by atoms with Crippen LogP contribution < -0.4 is 0 Å². The molecule has 0 atom stereocenters. The molecule has 3 rings (SSSR count). The van der Waals surface area contributed by atoms with E-state index in [1.807, 2.05) is 24.3 Å². The third kappa shape index (κ3) is 3.04. The van der Waals surface area contributed by atoms with Crippen molar-refractivity contribution in [1.29, 1.82) is 0 Å². The van der Waals surface area contributed by atoms with Crippen LogP contribution in [0.15, 0.2) is 48.5 Å². The second-order valence-corrected chi connectivity index (χ2v) is 5.43. The fourth-order valence-corrected chi connectivity index (χ4v) is 2.51. The van der Waals surface area contributed by atoms with E-state index in [4.69, 9.17) is 27.9 Å². The quantitative estimate of drug-likeness (QED) is 0.702. The minimum Gasteiger partial charge on any atom is -0.456 e. The van der Waals surface area contributed by atoms with Crippen molar-refractivity contribution in [1.82, 2.24) is 4.98 Å². The van der Waals surface area contributed by atoms with Gasteiger partial charge < -0.3 is 9.72 Å². The van der Waals surface area contributed by atoms with Crippen LogP contribution >= 0.6 is 23.2 Å². The molecular weight excluding hydrogens is 309 g/mol. The maximum absolute atomic E-state index is 12.0. The Bertz CT molecular complexity index is 778. The molecule has 5 heteroatoms. The Hall–Kier alpha value is -1.97. The van der Waals surface area contributed by atoms with Crippen LogP contribution in [0.2, 0.25) is 10.0 Å². The van der Waals surface area contributed by atoms with Gasteiger partial charge in [0.25, 0.3) is 0 Å². The van der Waals surface area contributed by atoms with E-state index in [2.05, 4.69) is 4.98 Å². The third-order valence-electron chi connectivity index (χ3n) is 3.12. The zero-order chi connectivity index (χ0) is 14.8. The second kappa shape index (κ2) is 5.80. The summed E-state index contributed by atoms with van der Waals surface area (Å²) in [5, 5.41) is 1.99. The van der Waals surface area contributed by atoms with E-state index in [1.165, 1.54) is 0 Å². The molecule has 106 valence electrons. The molecule has 0 radical (unpaired) electrons. The van der Waals surface area contributed by atoms with Crippen molar-refractivity contribution >= 4 is 40.1 Å². The Morgan fingerprint density at radius 1 is 1.10 bits per heavy atom. The summed E-state index contributed by atoms with van der Waals surface area (Å²) >= 11 is 11.9. The lowest BCUT2D eigenvalue weighted by atomic mass is 10.2. The number of aromatic nitrogens is 1. The molecule has 0 fully saturated rings. The van der Waals surface area contributed by atoms with Gasteiger partial charge in [0.05, 0.1) is 0 Å². The Morgan fingerprint density at radius 3 is 2.67 bits per heavy atom. The van der Waals surface area contributed by atoms with Crippen LogP contribution in [-0.2, 0) is 11.3 Å². The molecule has 0 spiro atoms. The zero-order valence-corrected chi connectivity index (χ0v) is 12.4. The molecule has 21 heavy (non-hydrogen) atoms. The number of nitrogens with one attached hydrogen (secondary N) is 1. The van der Waals surface area contributed by atoms with Crippen molar-refractivity contribution in [3.8, 4) is 0 Å². The lowest BCUT2D eigenvalue weighted by Crippen LogP contribution is -2.05. The van der Waals surface area contributed by atoms with Crippen LogP contribution in [0.1, 0.15) is 16.1 Å². The average Bonchev–Trinajstić information content (AvgIpc) is 2.90. The van der Waals surface area contributed by atoms with Gasteiger partial charge in [-0.1, -0.05) is 47.5 Å². The van der Waals surface area contributed by atoms with Gasteiger partial charge in [-0.15, -0.1) is 0 Å². The molecule has 0 aliphatic rings. The van der Waals surface area contributed by atoms with Gasteiger partial charge in [-0.25, -0.2) is 4.79 Å². The zero-order valence-electron chi connectivity index (χ0n) is 10.9. The number of ether oxygens (including phenoxy) is 1. The first kappa shape index (κ1) is 14.0. The summed E-state index contributed by atoms with van der Waals surface area (Å²) in [7, 11) is 0. The smallest absolute Gasteiger partial charge is 0.355 e. The first-order chi connectivity index (χ1) is 10.1. The van der Waals surface area contributed by atoms with E-state index in [0.717, 1.165) is 10.9 Å². The number of para-hydroxylation sites is 1. The summed E-state index contributed by atoms with van der Waals surface area (Å²) in [4.78, 5) is 15.1. The number of hydrogen-bond donors (Lipinski definition) is 1. The number of carbonyl (C=O) groups is 1. The van der Waals surface area contributed by atoms with Crippen LogP contribution in [0.3, 0.4) is 0 Å². The third-order valence-corrected chi connectivity index (χ3v) is 3.71. The maximum atomic E-state index is 12.0. The Kier molecular flexibility index (Phi) is 3.86. The normalized spacial score (nSPS) is 10.8. The highest BCUT2D eigenvalue weighted by Gasteiger charge is 2.12. The summed E-state index contributed by atoms with van der Waals surface area (Å²) < 4.78 is 5.27. The molecule has 1 N–H and O–H groups in total. The summed E-state index contributed by atoms with van der Waals surface area (Å²) in [5.41, 5.74) is 2.03. The van der Waals surface area contributed by atoms with Crippen LogP contribution in [0.25, 0.3) is 10.9 Å². The molecule has 0 unspecified atom stereocenters. The van der Waals surface area contributed by atoms with E-state index in [9.17, 15) is 4.79 Å². The molecule has 3 aromatic rings. The van der Waals surface area contributed by atoms with Crippen LogP contribution in [0.5, 0.6) is 0 Å². The van der Waals surface area contributed by atoms with Gasteiger partial charge in [0, 0.05) is 26.5 Å². The van der Waals surface area contributed by atoms with Crippen molar-refractivity contribution in [2.24, 2.45) is 0 Å². The maximum Gasteiger partial charge on any atom is 0.355 e. The first-order valence-corrected chi connectivity index (χ1v) is 7.08. The van der Waals surface area contributed by atoms with Crippen molar-refractivity contribution < 1.29 is 9.53 Å². The van der Waals surface area contributed by atoms with E-state index in [1.54, 1.807) is 24.3 Å². The Morgan fingerprint density at radius 2 is 1.90 bits per heavy atom. The predicted molar refractivity (Wildman–Crippen MR) is 83.9 cm³/mol. The van der Waals surface area contributed by atoms with Crippen LogP contribution in [-0.4, -0.2) is 11.0 Å². The van der Waals surface area contributed by atoms with Gasteiger partial charge in [0.15, 0.2) is 0 Å². The van der Waals surface area contributed by atoms with Gasteiger partial charge in [-0.05, 0) is 24.3 Å². The second-order valence-electron chi connectivity index (χ2n) is 4.58. The average molecular weight is 320 g/mol. The molecular formula is C16H11Cl2NO2. The molecule has 0 aliphatic heterocycles. The van der Waals surface area contributed by atoms with E-state index < -0.39 is 5.97 Å². The fraction of sp³-hybridized carbons (Fsp3) is 0.0625. The van der Waals surface area contributed by atoms with Crippen LogP contribution in [0.4, 0.5) is 0 Å². The minimum absolute atomic E-state index is 0.101. The lowest BCUT2D eigenvalue weighted by Gasteiger charge is -2.06. The van der Waals surface area contributed by atoms with E-state index in [0.29, 0.717) is 21.3 Å². The van der Waals surface area contributed by atoms with Crippen molar-refractivity contribution in [2.75, 3.05) is 0 Å². The van der Waals surface area contributed by atoms with Gasteiger partial charge in [0.1, 0.15) is 12.3 Å². The number of aromatic amines is 1. The summed E-state index contributed by atoms with van der Waals surface area (Å²) in [6, 6.07) is 14.5. The monoisotopic (exact) mass is 319 g/mol. The van der Waals surface area contributed by atoms with Gasteiger partial charge in [-0.3, -0.25) is 0 Å². The van der Waals surface area contributed by atoms with Gasteiger partial charge in [-0.2, -0.15) is 0 Å². The number of rotatable bonds is 3. The number of H-pyrrole nitrogens is 1. The Labute approximate surface area is 131 Å². The largest absolute Gasteiger partial charge is 0.456 e. The van der Waals surface area contributed by atoms with Crippen molar-refractivity contribution in [3.05, 3.63) is 69.8 Å². The first-order valence-electron chi connectivity index (χ1n) is 6.32. The molecule has 0 bridgehead atoms. The lowest BCUT2D eigenvalue weighted by molar-refractivity contribution is 0.0467. The van der Waals surface area contributed by atoms with E-state index in [-0.39, 0.29) is 6.61 Å². The number of benzene rings is 2. The summed E-state index contributed by atoms with van der Waals surface area (Å²) in [6.45, 7) is 0.101. The van der Waals surface area contributed by atoms with Crippen molar-refractivity contribution in [2.45, 2.75) is 6.61 Å². The SMILES string of the molecule is O=C(OCc1ccc(Cl)cc1Cl)c1cc2ccccc2[nH]1. The molecule has 1 heterocycles. The predicted octanol–water partition coefficient (Wildman–Crippen LogP) is 4.83. The topological polar surface area (TPSA) is 42.1 Å². The van der Waals surface area contributed by atoms with Crippen molar-refractivity contribution in [3.63, 3.8) is 0 Å². The Balaban J connectivity index is 1.74. The number of carbonyl (C=O) groups excluding carboxylic acids is 1. The highest BCUT2D eigenvalue weighted by atomic mass is 35.5. The molecule has 1 aromatic heterocycles. The highest BCUT2D eigenvalue weighted by Crippen LogP contribution is 2.22. The molecule has 0 saturated heterocycles. The van der Waals surface area contributed by atoms with Crippen LogP contribution in [0, 0.1) is 0 Å². The van der Waals surface area contributed by atoms with Gasteiger partial charge >= 0.3 is 5.97 Å². The summed E-state index contributed by atoms with van der Waals surface area (Å²) in [6.07, 6.45) is 0. The minimum atomic E-state index is -0.419. The molecule has 2 aromatic carbocycles. The highest BCUT2D eigenvalue weighted by molar-refractivity contribution is 6.35. The number of fused-ring (bicyclic) bond motifs is 1. The van der Waals surface area contributed by atoms with Gasteiger partial charge in [0.2, 0.25) is 0 Å². The number of halogens is 2. The molecule has 3 nitrogen and oxygen atoms in total. The van der Waals surface area contributed by atoms with E-state index >= 15 is 0 Å². The molecule has 0 aliphatic carbocycles. The molecule has 0 saturated carbocycles. The molecule has 0 amide bonds. The fourth-order valence-electron chi connectivity index (χ4n) is 2.04.